The van der Waals surface area contributed by atoms with Crippen LogP contribution in [0.4, 0.5) is 0 Å². The van der Waals surface area contributed by atoms with Crippen molar-refractivity contribution in [3.63, 3.8) is 0 Å². The van der Waals surface area contributed by atoms with Gasteiger partial charge in [0.1, 0.15) is 0 Å². The molecule has 0 radical (unpaired) electrons. The summed E-state index contributed by atoms with van der Waals surface area (Å²) in [6.07, 6.45) is 0.818. The van der Waals surface area contributed by atoms with E-state index < -0.39 is 0 Å². The maximum absolute atomic E-state index is 5.95. The van der Waals surface area contributed by atoms with E-state index in [-0.39, 0.29) is 6.04 Å². The summed E-state index contributed by atoms with van der Waals surface area (Å²) in [5.74, 6) is 5.67. The Morgan fingerprint density at radius 1 is 1.56 bits per heavy atom. The van der Waals surface area contributed by atoms with Crippen LogP contribution in [0.3, 0.4) is 0 Å². The molecule has 2 rings (SSSR count). The number of hydrazine groups is 1. The monoisotopic (exact) mass is 284 g/mol. The molecule has 0 aliphatic rings. The number of rotatable bonds is 5. The van der Waals surface area contributed by atoms with Gasteiger partial charge in [-0.25, -0.2) is 0 Å². The minimum Gasteiger partial charge on any atom is -0.271 e. The van der Waals surface area contributed by atoms with Crippen molar-refractivity contribution >= 4 is 22.9 Å². The van der Waals surface area contributed by atoms with E-state index in [0.717, 1.165) is 28.7 Å². The molecule has 4 nitrogen and oxygen atoms in total. The van der Waals surface area contributed by atoms with Crippen LogP contribution in [0, 0.1) is 6.92 Å². The zero-order valence-electron chi connectivity index (χ0n) is 10.5. The number of nitrogens with zero attached hydrogens (tertiary/aromatic N) is 2. The van der Waals surface area contributed by atoms with Crippen molar-refractivity contribution < 1.29 is 0 Å². The number of aromatic nitrogens is 2. The lowest BCUT2D eigenvalue weighted by Gasteiger charge is -2.16. The average Bonchev–Trinajstić information content (AvgIpc) is 2.92. The van der Waals surface area contributed by atoms with Gasteiger partial charge in [0.2, 0.25) is 0 Å². The van der Waals surface area contributed by atoms with Crippen molar-refractivity contribution in [3.8, 4) is 0 Å². The fourth-order valence-electron chi connectivity index (χ4n) is 2.01. The maximum Gasteiger partial charge on any atom is 0.0931 e. The third kappa shape index (κ3) is 2.92. The molecule has 2 aromatic rings. The van der Waals surface area contributed by atoms with E-state index in [4.69, 9.17) is 17.4 Å². The highest BCUT2D eigenvalue weighted by Crippen LogP contribution is 2.26. The summed E-state index contributed by atoms with van der Waals surface area (Å²) in [4.78, 5) is 1.21. The first kappa shape index (κ1) is 13.5. The number of hydrogen-bond acceptors (Lipinski definition) is 4. The highest BCUT2D eigenvalue weighted by molar-refractivity contribution is 7.16. The number of halogens is 1. The third-order valence-corrected chi connectivity index (χ3v) is 4.08. The van der Waals surface area contributed by atoms with Gasteiger partial charge in [-0.2, -0.15) is 5.10 Å². The molecule has 0 bridgehead atoms. The number of hydrogen-bond donors (Lipinski definition) is 2. The second kappa shape index (κ2) is 5.84. The topological polar surface area (TPSA) is 55.9 Å². The molecule has 1 unspecified atom stereocenters. The van der Waals surface area contributed by atoms with Crippen LogP contribution in [0.5, 0.6) is 0 Å². The van der Waals surface area contributed by atoms with E-state index in [2.05, 4.69) is 23.5 Å². The molecule has 2 heterocycles. The van der Waals surface area contributed by atoms with Crippen LogP contribution >= 0.6 is 22.9 Å². The number of aryl methyl sites for hydroxylation is 2. The molecule has 2 aromatic heterocycles. The van der Waals surface area contributed by atoms with Gasteiger partial charge in [-0.05, 0) is 32.0 Å². The zero-order valence-corrected chi connectivity index (χ0v) is 12.1. The van der Waals surface area contributed by atoms with Gasteiger partial charge in [-0.3, -0.25) is 16.0 Å². The lowest BCUT2D eigenvalue weighted by Crippen LogP contribution is -2.31. The number of nitrogens with two attached hydrogens (primary N) is 1. The third-order valence-electron chi connectivity index (χ3n) is 2.83. The Bertz CT molecular complexity index is 520. The molecular weight excluding hydrogens is 268 g/mol. The van der Waals surface area contributed by atoms with Crippen molar-refractivity contribution in [1.82, 2.24) is 15.2 Å². The van der Waals surface area contributed by atoms with E-state index in [1.165, 1.54) is 4.88 Å². The Morgan fingerprint density at radius 3 is 2.89 bits per heavy atom. The molecule has 1 atom stereocenters. The Kier molecular flexibility index (Phi) is 4.40. The van der Waals surface area contributed by atoms with Crippen LogP contribution in [-0.2, 0) is 13.0 Å². The van der Waals surface area contributed by atoms with E-state index >= 15 is 0 Å². The summed E-state index contributed by atoms with van der Waals surface area (Å²) in [5.41, 5.74) is 4.99. The summed E-state index contributed by atoms with van der Waals surface area (Å²) < 4.78 is 2.79. The van der Waals surface area contributed by atoms with Crippen LogP contribution in [0.1, 0.15) is 29.2 Å². The van der Waals surface area contributed by atoms with Crippen LogP contribution in [0.2, 0.25) is 4.34 Å². The molecule has 0 saturated carbocycles. The van der Waals surface area contributed by atoms with Crippen LogP contribution in [0.15, 0.2) is 18.2 Å². The first-order valence-corrected chi connectivity index (χ1v) is 7.08. The predicted molar refractivity (Wildman–Crippen MR) is 75.7 cm³/mol. The van der Waals surface area contributed by atoms with Crippen LogP contribution in [-0.4, -0.2) is 9.78 Å². The van der Waals surface area contributed by atoms with E-state index in [9.17, 15) is 0 Å². The molecule has 0 aliphatic carbocycles. The highest BCUT2D eigenvalue weighted by atomic mass is 35.5. The van der Waals surface area contributed by atoms with Crippen molar-refractivity contribution in [3.05, 3.63) is 38.8 Å². The molecule has 3 N–H and O–H groups in total. The Labute approximate surface area is 116 Å². The van der Waals surface area contributed by atoms with E-state index in [0.29, 0.717) is 0 Å². The van der Waals surface area contributed by atoms with Gasteiger partial charge in [-0.15, -0.1) is 11.3 Å². The molecule has 0 fully saturated rings. The van der Waals surface area contributed by atoms with Gasteiger partial charge in [-0.1, -0.05) is 11.6 Å². The highest BCUT2D eigenvalue weighted by Gasteiger charge is 2.17. The summed E-state index contributed by atoms with van der Waals surface area (Å²) in [6, 6.07) is 6.08. The minimum absolute atomic E-state index is 0.0564. The molecule has 0 aromatic carbocycles. The second-order valence-corrected chi connectivity index (χ2v) is 5.96. The molecule has 6 heteroatoms. The van der Waals surface area contributed by atoms with Gasteiger partial charge in [0, 0.05) is 17.8 Å². The van der Waals surface area contributed by atoms with Gasteiger partial charge in [0.15, 0.2) is 0 Å². The SMILES string of the molecule is CCn1nc(C)cc1C(Cc1ccc(Cl)s1)NN. The second-order valence-electron chi connectivity index (χ2n) is 4.16. The van der Waals surface area contributed by atoms with Crippen molar-refractivity contribution in [1.29, 1.82) is 0 Å². The van der Waals surface area contributed by atoms with Gasteiger partial charge in [0.25, 0.3) is 0 Å². The Balaban J connectivity index is 2.22. The fourth-order valence-corrected chi connectivity index (χ4v) is 3.14. The molecule has 0 spiro atoms. The first-order valence-electron chi connectivity index (χ1n) is 5.88. The average molecular weight is 285 g/mol. The lowest BCUT2D eigenvalue weighted by molar-refractivity contribution is 0.492. The number of thiophene rings is 1. The minimum atomic E-state index is 0.0564. The van der Waals surface area contributed by atoms with Crippen molar-refractivity contribution in [2.75, 3.05) is 0 Å². The Morgan fingerprint density at radius 2 is 2.33 bits per heavy atom. The van der Waals surface area contributed by atoms with E-state index in [1.807, 2.05) is 23.7 Å². The summed E-state index contributed by atoms with van der Waals surface area (Å²) >= 11 is 7.53. The van der Waals surface area contributed by atoms with Gasteiger partial charge >= 0.3 is 0 Å². The fraction of sp³-hybridized carbons (Fsp3) is 0.417. The van der Waals surface area contributed by atoms with E-state index in [1.54, 1.807) is 11.3 Å². The zero-order chi connectivity index (χ0) is 13.1. The molecule has 0 amide bonds. The standard InChI is InChI=1S/C12H17ClN4S/c1-3-17-11(6-8(2)16-17)10(15-14)7-9-4-5-12(13)18-9/h4-6,10,15H,3,7,14H2,1-2H3. The Hall–Kier alpha value is -0.880. The molecule has 0 aliphatic heterocycles. The van der Waals surface area contributed by atoms with Gasteiger partial charge in [0.05, 0.1) is 21.8 Å². The van der Waals surface area contributed by atoms with Crippen molar-refractivity contribution in [2.45, 2.75) is 32.9 Å². The predicted octanol–water partition coefficient (Wildman–Crippen LogP) is 2.67. The number of nitrogens with one attached hydrogen (secondary N) is 1. The summed E-state index contributed by atoms with van der Waals surface area (Å²) in [6.45, 7) is 4.91. The maximum atomic E-state index is 5.95. The van der Waals surface area contributed by atoms with Crippen LogP contribution in [0.25, 0.3) is 0 Å². The van der Waals surface area contributed by atoms with Gasteiger partial charge < -0.3 is 0 Å². The summed E-state index contributed by atoms with van der Waals surface area (Å²) in [7, 11) is 0. The molecule has 0 saturated heterocycles. The van der Waals surface area contributed by atoms with Crippen LogP contribution < -0.4 is 11.3 Å². The molecule has 98 valence electrons. The lowest BCUT2D eigenvalue weighted by atomic mass is 10.1. The molecule has 18 heavy (non-hydrogen) atoms. The smallest absolute Gasteiger partial charge is 0.0931 e. The van der Waals surface area contributed by atoms with Crippen molar-refractivity contribution in [2.24, 2.45) is 5.84 Å². The summed E-state index contributed by atoms with van der Waals surface area (Å²) in [5, 5.41) is 4.44. The normalized spacial score (nSPS) is 12.9. The quantitative estimate of drug-likeness (QED) is 0.656. The first-order chi connectivity index (χ1) is 8.63. The largest absolute Gasteiger partial charge is 0.271 e. The molecular formula is C12H17ClN4S.